The van der Waals surface area contributed by atoms with Gasteiger partial charge in [-0.2, -0.15) is 0 Å². The molecule has 1 amide bonds. The molecule has 4 nitrogen and oxygen atoms in total. The summed E-state index contributed by atoms with van der Waals surface area (Å²) in [4.78, 5) is 12.2. The number of rotatable bonds is 4. The molecule has 1 atom stereocenters. The minimum atomic E-state index is -0.513. The third-order valence-corrected chi connectivity index (χ3v) is 4.23. The second-order valence-electron chi connectivity index (χ2n) is 6.01. The molecule has 1 aliphatic rings. The van der Waals surface area contributed by atoms with Crippen LogP contribution in [0, 0.1) is 13.8 Å². The van der Waals surface area contributed by atoms with Gasteiger partial charge in [-0.1, -0.05) is 19.3 Å². The number of carbonyl (C=O) groups excluding carboxylic acids is 1. The summed E-state index contributed by atoms with van der Waals surface area (Å²) in [7, 11) is 0. The second kappa shape index (κ2) is 6.44. The van der Waals surface area contributed by atoms with Crippen molar-refractivity contribution in [2.75, 3.05) is 6.54 Å². The van der Waals surface area contributed by atoms with Crippen molar-refractivity contribution in [3.63, 3.8) is 0 Å². The Labute approximate surface area is 121 Å². The molecule has 0 spiro atoms. The van der Waals surface area contributed by atoms with E-state index in [0.717, 1.165) is 17.0 Å². The fourth-order valence-corrected chi connectivity index (χ4v) is 3.24. The van der Waals surface area contributed by atoms with E-state index in [-0.39, 0.29) is 5.91 Å². The lowest BCUT2D eigenvalue weighted by atomic mass is 9.95. The number of aliphatic hydroxyl groups excluding tert-OH is 1. The van der Waals surface area contributed by atoms with E-state index in [0.29, 0.717) is 12.6 Å². The first-order chi connectivity index (χ1) is 9.50. The number of hydrogen-bond donors (Lipinski definition) is 2. The van der Waals surface area contributed by atoms with E-state index >= 15 is 0 Å². The molecule has 1 saturated carbocycles. The Kier molecular flexibility index (Phi) is 4.86. The molecule has 0 unspecified atom stereocenters. The summed E-state index contributed by atoms with van der Waals surface area (Å²) in [5, 5.41) is 12.0. The Balaban J connectivity index is 2.17. The predicted molar refractivity (Wildman–Crippen MR) is 80.0 cm³/mol. The summed E-state index contributed by atoms with van der Waals surface area (Å²) in [6.07, 6.45) is 5.81. The summed E-state index contributed by atoms with van der Waals surface area (Å²) >= 11 is 0. The summed E-state index contributed by atoms with van der Waals surface area (Å²) in [6, 6.07) is 2.52. The van der Waals surface area contributed by atoms with Gasteiger partial charge in [0.05, 0.1) is 11.7 Å². The molecule has 1 aromatic rings. The highest BCUT2D eigenvalue weighted by Crippen LogP contribution is 2.32. The second-order valence-corrected chi connectivity index (χ2v) is 6.01. The molecule has 0 aliphatic heterocycles. The lowest BCUT2D eigenvalue weighted by molar-refractivity contribution is 0.0923. The first kappa shape index (κ1) is 15.1. The average Bonchev–Trinajstić information content (AvgIpc) is 2.72. The van der Waals surface area contributed by atoms with Crippen LogP contribution in [0.25, 0.3) is 0 Å². The third-order valence-electron chi connectivity index (χ3n) is 4.23. The standard InChI is InChI=1S/C16H26N2O2/c1-11-9-15(16(20)17-10-12(2)19)13(3)18(11)14-7-5-4-6-8-14/h9,12,14,19H,4-8,10H2,1-3H3,(H,17,20)/t12-/m0/s1. The molecule has 0 bridgehead atoms. The van der Waals surface area contributed by atoms with Crippen LogP contribution in [0.1, 0.15) is 66.8 Å². The molecule has 2 rings (SSSR count). The number of hydrogen-bond acceptors (Lipinski definition) is 2. The zero-order chi connectivity index (χ0) is 14.7. The van der Waals surface area contributed by atoms with Gasteiger partial charge in [-0.15, -0.1) is 0 Å². The molecule has 0 saturated heterocycles. The molecular weight excluding hydrogens is 252 g/mol. The van der Waals surface area contributed by atoms with Crippen LogP contribution in [0.4, 0.5) is 0 Å². The van der Waals surface area contributed by atoms with Gasteiger partial charge in [0.15, 0.2) is 0 Å². The van der Waals surface area contributed by atoms with E-state index < -0.39 is 6.10 Å². The average molecular weight is 278 g/mol. The van der Waals surface area contributed by atoms with Crippen LogP contribution in [0.15, 0.2) is 6.07 Å². The third kappa shape index (κ3) is 3.23. The quantitative estimate of drug-likeness (QED) is 0.889. The van der Waals surface area contributed by atoms with E-state index in [4.69, 9.17) is 0 Å². The zero-order valence-electron chi connectivity index (χ0n) is 12.8. The van der Waals surface area contributed by atoms with Crippen molar-refractivity contribution >= 4 is 5.91 Å². The Hall–Kier alpha value is -1.29. The van der Waals surface area contributed by atoms with Crippen molar-refractivity contribution in [3.05, 3.63) is 23.0 Å². The van der Waals surface area contributed by atoms with Gasteiger partial charge in [0.2, 0.25) is 0 Å². The number of nitrogens with zero attached hydrogens (tertiary/aromatic N) is 1. The largest absolute Gasteiger partial charge is 0.392 e. The maximum atomic E-state index is 12.2. The van der Waals surface area contributed by atoms with Crippen LogP contribution < -0.4 is 5.32 Å². The highest BCUT2D eigenvalue weighted by molar-refractivity contribution is 5.95. The van der Waals surface area contributed by atoms with Crippen LogP contribution in [0.3, 0.4) is 0 Å². The van der Waals surface area contributed by atoms with Gasteiger partial charge < -0.3 is 15.0 Å². The van der Waals surface area contributed by atoms with Gasteiger partial charge in [-0.25, -0.2) is 0 Å². The molecule has 0 radical (unpaired) electrons. The topological polar surface area (TPSA) is 54.3 Å². The van der Waals surface area contributed by atoms with E-state index in [1.807, 2.05) is 13.0 Å². The maximum Gasteiger partial charge on any atom is 0.253 e. The van der Waals surface area contributed by atoms with Gasteiger partial charge in [0.25, 0.3) is 5.91 Å². The van der Waals surface area contributed by atoms with Crippen LogP contribution in [-0.4, -0.2) is 28.2 Å². The molecule has 1 fully saturated rings. The van der Waals surface area contributed by atoms with E-state index in [9.17, 15) is 9.90 Å². The predicted octanol–water partition coefficient (Wildman–Crippen LogP) is 2.72. The van der Waals surface area contributed by atoms with Crippen molar-refractivity contribution in [1.82, 2.24) is 9.88 Å². The minimum Gasteiger partial charge on any atom is -0.392 e. The number of aromatic nitrogens is 1. The number of aliphatic hydroxyl groups is 1. The van der Waals surface area contributed by atoms with Gasteiger partial charge in [-0.05, 0) is 39.7 Å². The highest BCUT2D eigenvalue weighted by atomic mass is 16.3. The number of nitrogens with one attached hydrogen (secondary N) is 1. The summed E-state index contributed by atoms with van der Waals surface area (Å²) in [5.74, 6) is -0.0824. The Morgan fingerprint density at radius 1 is 1.40 bits per heavy atom. The maximum absolute atomic E-state index is 12.2. The van der Waals surface area contributed by atoms with Gasteiger partial charge in [0.1, 0.15) is 0 Å². The number of aryl methyl sites for hydroxylation is 1. The normalized spacial score (nSPS) is 18.0. The minimum absolute atomic E-state index is 0.0824. The first-order valence-electron chi connectivity index (χ1n) is 7.65. The Morgan fingerprint density at radius 2 is 2.05 bits per heavy atom. The molecule has 1 aromatic heterocycles. The van der Waals surface area contributed by atoms with Crippen LogP contribution >= 0.6 is 0 Å². The number of amides is 1. The van der Waals surface area contributed by atoms with Crippen molar-refractivity contribution < 1.29 is 9.90 Å². The zero-order valence-corrected chi connectivity index (χ0v) is 12.8. The summed E-state index contributed by atoms with van der Waals surface area (Å²) in [5.41, 5.74) is 2.96. The Morgan fingerprint density at radius 3 is 2.65 bits per heavy atom. The van der Waals surface area contributed by atoms with E-state index in [1.54, 1.807) is 6.92 Å². The lowest BCUT2D eigenvalue weighted by Gasteiger charge is -2.26. The highest BCUT2D eigenvalue weighted by Gasteiger charge is 2.22. The SMILES string of the molecule is Cc1cc(C(=O)NC[C@H](C)O)c(C)n1C1CCCCC1. The fourth-order valence-electron chi connectivity index (χ4n) is 3.24. The van der Waals surface area contributed by atoms with Crippen LogP contribution in [-0.2, 0) is 0 Å². The van der Waals surface area contributed by atoms with Gasteiger partial charge in [0, 0.05) is 24.0 Å². The molecule has 1 aliphatic carbocycles. The Bertz CT molecular complexity index is 471. The molecule has 2 N–H and O–H groups in total. The van der Waals surface area contributed by atoms with Crippen molar-refractivity contribution in [2.45, 2.75) is 65.0 Å². The van der Waals surface area contributed by atoms with E-state index in [2.05, 4.69) is 16.8 Å². The fraction of sp³-hybridized carbons (Fsp3) is 0.688. The van der Waals surface area contributed by atoms with Crippen molar-refractivity contribution in [3.8, 4) is 0 Å². The molecule has 4 heteroatoms. The summed E-state index contributed by atoms with van der Waals surface area (Å²) < 4.78 is 2.33. The van der Waals surface area contributed by atoms with Gasteiger partial charge in [-0.3, -0.25) is 4.79 Å². The smallest absolute Gasteiger partial charge is 0.253 e. The van der Waals surface area contributed by atoms with Crippen molar-refractivity contribution in [1.29, 1.82) is 0 Å². The molecule has 112 valence electrons. The number of carbonyl (C=O) groups is 1. The lowest BCUT2D eigenvalue weighted by Crippen LogP contribution is -2.30. The van der Waals surface area contributed by atoms with Crippen LogP contribution in [0.5, 0.6) is 0 Å². The first-order valence-corrected chi connectivity index (χ1v) is 7.65. The van der Waals surface area contributed by atoms with Crippen molar-refractivity contribution in [2.24, 2.45) is 0 Å². The van der Waals surface area contributed by atoms with Gasteiger partial charge >= 0.3 is 0 Å². The molecule has 0 aromatic carbocycles. The van der Waals surface area contributed by atoms with Crippen LogP contribution in [0.2, 0.25) is 0 Å². The molecule has 20 heavy (non-hydrogen) atoms. The molecule has 1 heterocycles. The van der Waals surface area contributed by atoms with E-state index in [1.165, 1.54) is 32.1 Å². The molecular formula is C16H26N2O2. The summed E-state index contributed by atoms with van der Waals surface area (Å²) in [6.45, 7) is 6.07. The monoisotopic (exact) mass is 278 g/mol.